The fourth-order valence-corrected chi connectivity index (χ4v) is 2.95. The number of hydrogen-bond donors (Lipinski definition) is 1. The van der Waals surface area contributed by atoms with Crippen LogP contribution in [0.5, 0.6) is 5.75 Å². The largest absolute Gasteiger partial charge is 0.480 e. The molecular formula is C16H22N4O2. The average Bonchev–Trinajstić information content (AvgIpc) is 3.15. The van der Waals surface area contributed by atoms with Gasteiger partial charge >= 0.3 is 0 Å². The lowest BCUT2D eigenvalue weighted by Gasteiger charge is -2.15. The third-order valence-corrected chi connectivity index (χ3v) is 4.10. The van der Waals surface area contributed by atoms with E-state index in [0.29, 0.717) is 12.3 Å². The van der Waals surface area contributed by atoms with Crippen molar-refractivity contribution in [2.45, 2.75) is 26.2 Å². The van der Waals surface area contributed by atoms with Gasteiger partial charge in [-0.2, -0.15) is 0 Å². The standard InChI is InChI=1S/C16H22N4O2/c1-12-13(6-7-17)20-10-4-5-14(16(20)18-12)22-11-15(21)19-8-2-3-9-19/h4-5,10H,2-3,6-9,11,17H2,1H3. The van der Waals surface area contributed by atoms with Gasteiger partial charge in [0, 0.05) is 31.4 Å². The Hall–Kier alpha value is -2.08. The quantitative estimate of drug-likeness (QED) is 0.899. The second-order valence-electron chi connectivity index (χ2n) is 5.63. The summed E-state index contributed by atoms with van der Waals surface area (Å²) < 4.78 is 7.73. The molecule has 0 atom stereocenters. The van der Waals surface area contributed by atoms with E-state index in [-0.39, 0.29) is 12.5 Å². The van der Waals surface area contributed by atoms with E-state index < -0.39 is 0 Å². The summed E-state index contributed by atoms with van der Waals surface area (Å²) in [4.78, 5) is 18.5. The third-order valence-electron chi connectivity index (χ3n) is 4.10. The predicted octanol–water partition coefficient (Wildman–Crippen LogP) is 1.15. The second kappa shape index (κ2) is 6.36. The van der Waals surface area contributed by atoms with Crippen LogP contribution in [-0.2, 0) is 11.2 Å². The van der Waals surface area contributed by atoms with Crippen molar-refractivity contribution >= 4 is 11.6 Å². The molecule has 2 aromatic rings. The summed E-state index contributed by atoms with van der Waals surface area (Å²) in [5.41, 5.74) is 8.45. The number of amides is 1. The Balaban J connectivity index is 1.79. The van der Waals surface area contributed by atoms with Gasteiger partial charge in [0.15, 0.2) is 18.0 Å². The number of fused-ring (bicyclic) bond motifs is 1. The Morgan fingerprint density at radius 2 is 2.18 bits per heavy atom. The van der Waals surface area contributed by atoms with E-state index in [9.17, 15) is 4.79 Å². The highest BCUT2D eigenvalue weighted by Crippen LogP contribution is 2.22. The minimum absolute atomic E-state index is 0.0463. The number of carbonyl (C=O) groups excluding carboxylic acids is 1. The van der Waals surface area contributed by atoms with E-state index in [0.717, 1.165) is 49.4 Å². The van der Waals surface area contributed by atoms with Crippen molar-refractivity contribution in [1.82, 2.24) is 14.3 Å². The Bertz CT molecular complexity index is 674. The summed E-state index contributed by atoms with van der Waals surface area (Å²) in [6.07, 6.45) is 4.89. The fraction of sp³-hybridized carbons (Fsp3) is 0.500. The number of imidazole rings is 1. The summed E-state index contributed by atoms with van der Waals surface area (Å²) in [5.74, 6) is 0.686. The maximum absolute atomic E-state index is 12.1. The van der Waals surface area contributed by atoms with Crippen LogP contribution in [0.3, 0.4) is 0 Å². The van der Waals surface area contributed by atoms with Crippen LogP contribution in [0.15, 0.2) is 18.3 Å². The van der Waals surface area contributed by atoms with Crippen molar-refractivity contribution in [2.75, 3.05) is 26.2 Å². The highest BCUT2D eigenvalue weighted by atomic mass is 16.5. The zero-order valence-corrected chi connectivity index (χ0v) is 12.9. The van der Waals surface area contributed by atoms with Crippen molar-refractivity contribution < 1.29 is 9.53 Å². The molecule has 0 bridgehead atoms. The van der Waals surface area contributed by atoms with Gasteiger partial charge in [0.25, 0.3) is 5.91 Å². The first-order valence-corrected chi connectivity index (χ1v) is 7.78. The summed E-state index contributed by atoms with van der Waals surface area (Å²) in [5, 5.41) is 0. The lowest BCUT2D eigenvalue weighted by Crippen LogP contribution is -2.32. The number of nitrogens with zero attached hydrogens (tertiary/aromatic N) is 3. The van der Waals surface area contributed by atoms with Gasteiger partial charge in [0.1, 0.15) is 0 Å². The van der Waals surface area contributed by atoms with Crippen molar-refractivity contribution in [1.29, 1.82) is 0 Å². The van der Waals surface area contributed by atoms with E-state index in [2.05, 4.69) is 4.98 Å². The minimum Gasteiger partial charge on any atom is -0.480 e. The second-order valence-corrected chi connectivity index (χ2v) is 5.63. The highest BCUT2D eigenvalue weighted by Gasteiger charge is 2.19. The summed E-state index contributed by atoms with van der Waals surface area (Å²) >= 11 is 0. The molecule has 1 fully saturated rings. The summed E-state index contributed by atoms with van der Waals surface area (Å²) in [6.45, 7) is 4.30. The molecule has 2 N–H and O–H groups in total. The van der Waals surface area contributed by atoms with Gasteiger partial charge in [-0.25, -0.2) is 4.98 Å². The Kier molecular flexibility index (Phi) is 4.29. The Morgan fingerprint density at radius 1 is 1.41 bits per heavy atom. The van der Waals surface area contributed by atoms with Crippen LogP contribution in [0.4, 0.5) is 0 Å². The lowest BCUT2D eigenvalue weighted by atomic mass is 10.2. The van der Waals surface area contributed by atoms with Crippen molar-refractivity contribution in [2.24, 2.45) is 5.73 Å². The number of pyridine rings is 1. The topological polar surface area (TPSA) is 72.9 Å². The average molecular weight is 302 g/mol. The van der Waals surface area contributed by atoms with Gasteiger partial charge < -0.3 is 19.8 Å². The zero-order chi connectivity index (χ0) is 15.5. The molecule has 1 aliphatic heterocycles. The predicted molar refractivity (Wildman–Crippen MR) is 84.0 cm³/mol. The van der Waals surface area contributed by atoms with E-state index in [1.807, 2.05) is 34.6 Å². The van der Waals surface area contributed by atoms with Gasteiger partial charge in [-0.15, -0.1) is 0 Å². The van der Waals surface area contributed by atoms with E-state index >= 15 is 0 Å². The lowest BCUT2D eigenvalue weighted by molar-refractivity contribution is -0.132. The third kappa shape index (κ3) is 2.78. The molecule has 0 spiro atoms. The maximum Gasteiger partial charge on any atom is 0.260 e. The van der Waals surface area contributed by atoms with Gasteiger partial charge in [0.2, 0.25) is 0 Å². The minimum atomic E-state index is 0.0463. The number of carbonyl (C=O) groups is 1. The van der Waals surface area contributed by atoms with Gasteiger partial charge in [-0.3, -0.25) is 4.79 Å². The molecule has 0 aliphatic carbocycles. The van der Waals surface area contributed by atoms with Gasteiger partial charge in [0.05, 0.1) is 5.69 Å². The molecule has 0 radical (unpaired) electrons. The van der Waals surface area contributed by atoms with Crippen LogP contribution in [0.2, 0.25) is 0 Å². The first-order valence-electron chi connectivity index (χ1n) is 7.78. The molecule has 1 saturated heterocycles. The Labute approximate surface area is 129 Å². The van der Waals surface area contributed by atoms with E-state index in [4.69, 9.17) is 10.5 Å². The maximum atomic E-state index is 12.1. The molecule has 0 saturated carbocycles. The number of likely N-dealkylation sites (tertiary alicyclic amines) is 1. The molecule has 2 aromatic heterocycles. The number of nitrogens with two attached hydrogens (primary N) is 1. The number of aromatic nitrogens is 2. The molecule has 3 rings (SSSR count). The van der Waals surface area contributed by atoms with Gasteiger partial charge in [-0.1, -0.05) is 0 Å². The normalized spacial score (nSPS) is 14.7. The summed E-state index contributed by atoms with van der Waals surface area (Å²) in [7, 11) is 0. The number of rotatable bonds is 5. The number of aryl methyl sites for hydroxylation is 1. The molecule has 0 aromatic carbocycles. The molecule has 0 unspecified atom stereocenters. The molecule has 1 aliphatic rings. The zero-order valence-electron chi connectivity index (χ0n) is 12.9. The van der Waals surface area contributed by atoms with Crippen molar-refractivity contribution in [3.63, 3.8) is 0 Å². The van der Waals surface area contributed by atoms with Crippen LogP contribution in [0.25, 0.3) is 5.65 Å². The molecule has 1 amide bonds. The van der Waals surface area contributed by atoms with Gasteiger partial charge in [-0.05, 0) is 38.4 Å². The highest BCUT2D eigenvalue weighted by molar-refractivity contribution is 5.78. The van der Waals surface area contributed by atoms with Crippen LogP contribution in [0, 0.1) is 6.92 Å². The smallest absolute Gasteiger partial charge is 0.260 e. The van der Waals surface area contributed by atoms with Crippen LogP contribution in [0.1, 0.15) is 24.2 Å². The van der Waals surface area contributed by atoms with E-state index in [1.165, 1.54) is 0 Å². The molecule has 3 heterocycles. The number of hydrogen-bond acceptors (Lipinski definition) is 4. The first-order chi connectivity index (χ1) is 10.7. The molecule has 6 nitrogen and oxygen atoms in total. The van der Waals surface area contributed by atoms with Crippen LogP contribution < -0.4 is 10.5 Å². The van der Waals surface area contributed by atoms with Crippen LogP contribution in [-0.4, -0.2) is 46.4 Å². The van der Waals surface area contributed by atoms with Crippen molar-refractivity contribution in [3.05, 3.63) is 29.7 Å². The molecule has 118 valence electrons. The molecule has 22 heavy (non-hydrogen) atoms. The number of ether oxygens (including phenoxy) is 1. The monoisotopic (exact) mass is 302 g/mol. The van der Waals surface area contributed by atoms with Crippen LogP contribution >= 0.6 is 0 Å². The Morgan fingerprint density at radius 3 is 2.91 bits per heavy atom. The summed E-state index contributed by atoms with van der Waals surface area (Å²) in [6, 6.07) is 3.76. The molecule has 6 heteroatoms. The molecular weight excluding hydrogens is 280 g/mol. The van der Waals surface area contributed by atoms with Crippen molar-refractivity contribution in [3.8, 4) is 5.75 Å². The first kappa shape index (κ1) is 14.8. The SMILES string of the molecule is Cc1nc2c(OCC(=O)N3CCCC3)cccn2c1CCN. The fourth-order valence-electron chi connectivity index (χ4n) is 2.95. The van der Waals surface area contributed by atoms with E-state index in [1.54, 1.807) is 0 Å².